The third-order valence-electron chi connectivity index (χ3n) is 3.89. The van der Waals surface area contributed by atoms with Crippen molar-refractivity contribution >= 4 is 22.7 Å². The Kier molecular flexibility index (Phi) is 4.82. The minimum absolute atomic E-state index is 0.275. The smallest absolute Gasteiger partial charge is 0.319 e. The van der Waals surface area contributed by atoms with Gasteiger partial charge in [-0.15, -0.1) is 0 Å². The highest BCUT2D eigenvalue weighted by molar-refractivity contribution is 5.90. The summed E-state index contributed by atoms with van der Waals surface area (Å²) in [6, 6.07) is 17.0. The van der Waals surface area contributed by atoms with Gasteiger partial charge < -0.3 is 19.8 Å². The molecule has 0 radical (unpaired) electrons. The quantitative estimate of drug-likeness (QED) is 0.737. The van der Waals surface area contributed by atoms with E-state index < -0.39 is 0 Å². The van der Waals surface area contributed by atoms with E-state index >= 15 is 0 Å². The highest BCUT2D eigenvalue weighted by Gasteiger charge is 2.17. The van der Waals surface area contributed by atoms with Crippen LogP contribution in [0.3, 0.4) is 0 Å². The van der Waals surface area contributed by atoms with Crippen LogP contribution in [0.25, 0.3) is 11.0 Å². The fourth-order valence-corrected chi connectivity index (χ4v) is 2.53. The molecule has 0 unspecified atom stereocenters. The van der Waals surface area contributed by atoms with E-state index in [4.69, 9.17) is 9.15 Å². The fourth-order valence-electron chi connectivity index (χ4n) is 2.53. The number of benzene rings is 2. The molecule has 1 aromatic heterocycles. The predicted molar refractivity (Wildman–Crippen MR) is 94.2 cm³/mol. The fraction of sp³-hybridized carbons (Fsp3) is 0.211. The number of nitrogens with one attached hydrogen (secondary N) is 2. The van der Waals surface area contributed by atoms with Gasteiger partial charge in [-0.25, -0.2) is 4.79 Å². The summed E-state index contributed by atoms with van der Waals surface area (Å²) in [4.78, 5) is 12.1. The molecule has 0 spiro atoms. The molecule has 2 N–H and O–H groups in total. The number of carbonyl (C=O) groups is 1. The first-order valence-corrected chi connectivity index (χ1v) is 7.79. The number of carbonyl (C=O) groups excluding carboxylic acids is 1. The van der Waals surface area contributed by atoms with Crippen molar-refractivity contribution in [1.82, 2.24) is 5.32 Å². The first-order valence-electron chi connectivity index (χ1n) is 7.79. The zero-order chi connectivity index (χ0) is 16.9. The Hall–Kier alpha value is -2.79. The minimum Gasteiger partial charge on any atom is -0.458 e. The molecular formula is C19H20N2O3. The van der Waals surface area contributed by atoms with Crippen LogP contribution in [-0.2, 0) is 4.74 Å². The van der Waals surface area contributed by atoms with Gasteiger partial charge in [-0.2, -0.15) is 0 Å². The maximum Gasteiger partial charge on any atom is 0.319 e. The molecule has 0 fully saturated rings. The predicted octanol–water partition coefficient (Wildman–Crippen LogP) is 4.25. The molecule has 5 heteroatoms. The van der Waals surface area contributed by atoms with Crippen LogP contribution >= 0.6 is 0 Å². The lowest BCUT2D eigenvalue weighted by molar-refractivity contribution is 0.0870. The molecule has 0 saturated carbocycles. The molecule has 0 aliphatic carbocycles. The SMILES string of the molecule is CO[C@H](CNC(=O)Nc1ccccc1C)c1cc2ccccc2o1. The van der Waals surface area contributed by atoms with Crippen molar-refractivity contribution in [3.63, 3.8) is 0 Å². The zero-order valence-corrected chi connectivity index (χ0v) is 13.7. The standard InChI is InChI=1S/C19H20N2O3/c1-13-7-3-5-9-15(13)21-19(22)20-12-18(23-2)17-11-14-8-4-6-10-16(14)24-17/h3-11,18H,12H2,1-2H3,(H2,20,21,22)/t18-/m1/s1. The molecule has 5 nitrogen and oxygen atoms in total. The van der Waals surface area contributed by atoms with E-state index in [1.54, 1.807) is 7.11 Å². The highest BCUT2D eigenvalue weighted by atomic mass is 16.5. The van der Waals surface area contributed by atoms with Crippen molar-refractivity contribution < 1.29 is 13.9 Å². The number of amides is 2. The van der Waals surface area contributed by atoms with Crippen molar-refractivity contribution in [2.45, 2.75) is 13.0 Å². The molecule has 2 amide bonds. The van der Waals surface area contributed by atoms with Gasteiger partial charge in [-0.1, -0.05) is 36.4 Å². The van der Waals surface area contributed by atoms with E-state index in [0.29, 0.717) is 12.3 Å². The number of aryl methyl sites for hydroxylation is 1. The van der Waals surface area contributed by atoms with Crippen LogP contribution in [0.1, 0.15) is 17.4 Å². The van der Waals surface area contributed by atoms with Gasteiger partial charge in [0.25, 0.3) is 0 Å². The summed E-state index contributed by atoms with van der Waals surface area (Å²) in [7, 11) is 1.60. The average molecular weight is 324 g/mol. The van der Waals surface area contributed by atoms with E-state index in [1.807, 2.05) is 61.5 Å². The number of hydrogen-bond donors (Lipinski definition) is 2. The van der Waals surface area contributed by atoms with Crippen molar-refractivity contribution in [2.75, 3.05) is 19.0 Å². The number of rotatable bonds is 5. The number of urea groups is 1. The molecule has 0 saturated heterocycles. The number of ether oxygens (including phenoxy) is 1. The Labute approximate surface area is 140 Å². The third-order valence-corrected chi connectivity index (χ3v) is 3.89. The van der Waals surface area contributed by atoms with Crippen LogP contribution < -0.4 is 10.6 Å². The number of para-hydroxylation sites is 2. The monoisotopic (exact) mass is 324 g/mol. The Morgan fingerprint density at radius 2 is 1.92 bits per heavy atom. The summed E-state index contributed by atoms with van der Waals surface area (Å²) < 4.78 is 11.2. The van der Waals surface area contributed by atoms with Gasteiger partial charge in [0, 0.05) is 18.2 Å². The Morgan fingerprint density at radius 1 is 1.17 bits per heavy atom. The van der Waals surface area contributed by atoms with Gasteiger partial charge in [-0.05, 0) is 30.7 Å². The van der Waals surface area contributed by atoms with E-state index in [1.165, 1.54) is 0 Å². The van der Waals surface area contributed by atoms with Gasteiger partial charge in [0.05, 0.1) is 6.54 Å². The van der Waals surface area contributed by atoms with E-state index in [-0.39, 0.29) is 12.1 Å². The van der Waals surface area contributed by atoms with Crippen molar-refractivity contribution in [2.24, 2.45) is 0 Å². The van der Waals surface area contributed by atoms with Crippen LogP contribution in [0.15, 0.2) is 59.0 Å². The second-order valence-corrected chi connectivity index (χ2v) is 5.56. The molecular weight excluding hydrogens is 304 g/mol. The lowest BCUT2D eigenvalue weighted by Crippen LogP contribution is -2.33. The van der Waals surface area contributed by atoms with Crippen LogP contribution in [0, 0.1) is 6.92 Å². The van der Waals surface area contributed by atoms with E-state index in [9.17, 15) is 4.79 Å². The molecule has 3 rings (SSSR count). The second-order valence-electron chi connectivity index (χ2n) is 5.56. The molecule has 124 valence electrons. The van der Waals surface area contributed by atoms with Gasteiger partial charge in [-0.3, -0.25) is 0 Å². The maximum absolute atomic E-state index is 12.1. The largest absolute Gasteiger partial charge is 0.458 e. The number of methoxy groups -OCH3 is 1. The zero-order valence-electron chi connectivity index (χ0n) is 13.7. The van der Waals surface area contributed by atoms with Crippen LogP contribution in [-0.4, -0.2) is 19.7 Å². The van der Waals surface area contributed by atoms with E-state index in [0.717, 1.165) is 22.2 Å². The van der Waals surface area contributed by atoms with Gasteiger partial charge in [0.15, 0.2) is 0 Å². The lowest BCUT2D eigenvalue weighted by Gasteiger charge is -2.15. The minimum atomic E-state index is -0.347. The first-order chi connectivity index (χ1) is 11.7. The Morgan fingerprint density at radius 3 is 2.67 bits per heavy atom. The molecule has 1 heterocycles. The lowest BCUT2D eigenvalue weighted by atomic mass is 10.2. The van der Waals surface area contributed by atoms with Gasteiger partial charge in [0.2, 0.25) is 0 Å². The van der Waals surface area contributed by atoms with Gasteiger partial charge in [0.1, 0.15) is 17.4 Å². The molecule has 0 aliphatic heterocycles. The average Bonchev–Trinajstić information content (AvgIpc) is 3.01. The van der Waals surface area contributed by atoms with Crippen LogP contribution in [0.2, 0.25) is 0 Å². The molecule has 0 bridgehead atoms. The van der Waals surface area contributed by atoms with E-state index in [2.05, 4.69) is 10.6 Å². The normalized spacial score (nSPS) is 12.1. The molecule has 24 heavy (non-hydrogen) atoms. The second kappa shape index (κ2) is 7.19. The number of furan rings is 1. The topological polar surface area (TPSA) is 63.5 Å². The number of fused-ring (bicyclic) bond motifs is 1. The molecule has 3 aromatic rings. The Balaban J connectivity index is 1.63. The summed E-state index contributed by atoms with van der Waals surface area (Å²) >= 11 is 0. The van der Waals surface area contributed by atoms with Crippen molar-refractivity contribution in [1.29, 1.82) is 0 Å². The highest BCUT2D eigenvalue weighted by Crippen LogP contribution is 2.25. The number of anilines is 1. The summed E-state index contributed by atoms with van der Waals surface area (Å²) in [6.45, 7) is 2.26. The maximum atomic E-state index is 12.1. The van der Waals surface area contributed by atoms with Crippen molar-refractivity contribution in [3.05, 3.63) is 65.9 Å². The van der Waals surface area contributed by atoms with Crippen LogP contribution in [0.4, 0.5) is 10.5 Å². The summed E-state index contributed by atoms with van der Waals surface area (Å²) in [6.07, 6.45) is -0.347. The summed E-state index contributed by atoms with van der Waals surface area (Å²) in [5.74, 6) is 0.690. The molecule has 2 aromatic carbocycles. The van der Waals surface area contributed by atoms with Crippen LogP contribution in [0.5, 0.6) is 0 Å². The third kappa shape index (κ3) is 3.58. The number of hydrogen-bond acceptors (Lipinski definition) is 3. The summed E-state index contributed by atoms with van der Waals surface area (Å²) in [5.41, 5.74) is 2.60. The van der Waals surface area contributed by atoms with Crippen molar-refractivity contribution in [3.8, 4) is 0 Å². The first kappa shape index (κ1) is 16.1. The molecule has 0 aliphatic rings. The summed E-state index contributed by atoms with van der Waals surface area (Å²) in [5, 5.41) is 6.66. The molecule has 1 atom stereocenters. The van der Waals surface area contributed by atoms with Gasteiger partial charge >= 0.3 is 6.03 Å². The Bertz CT molecular complexity index is 808.